The lowest BCUT2D eigenvalue weighted by molar-refractivity contribution is 0.430. The number of aromatic nitrogens is 4. The summed E-state index contributed by atoms with van der Waals surface area (Å²) in [6, 6.07) is 20.0. The molecule has 0 aliphatic heterocycles. The van der Waals surface area contributed by atoms with E-state index in [0.717, 1.165) is 24.1 Å². The molecule has 1 aliphatic carbocycles. The highest BCUT2D eigenvalue weighted by Crippen LogP contribution is 2.29. The van der Waals surface area contributed by atoms with Crippen LogP contribution in [0.2, 0.25) is 0 Å². The second-order valence-corrected chi connectivity index (χ2v) is 7.76. The molecule has 0 bridgehead atoms. The first-order chi connectivity index (χ1) is 14.3. The molecule has 0 N–H and O–H groups in total. The Kier molecular flexibility index (Phi) is 4.72. The van der Waals surface area contributed by atoms with Crippen LogP contribution in [0, 0.1) is 0 Å². The topological polar surface area (TPSA) is 52.7 Å². The number of para-hydroxylation sites is 1. The van der Waals surface area contributed by atoms with Crippen molar-refractivity contribution in [2.75, 3.05) is 0 Å². The molecule has 1 saturated carbocycles. The van der Waals surface area contributed by atoms with Crippen molar-refractivity contribution in [3.05, 3.63) is 77.3 Å². The van der Waals surface area contributed by atoms with Crippen molar-refractivity contribution in [2.45, 2.75) is 44.6 Å². The van der Waals surface area contributed by atoms with E-state index in [4.69, 9.17) is 10.1 Å². The molecule has 5 nitrogen and oxygen atoms in total. The van der Waals surface area contributed by atoms with Crippen molar-refractivity contribution < 1.29 is 0 Å². The molecule has 5 heteroatoms. The van der Waals surface area contributed by atoms with Gasteiger partial charge in [-0.05, 0) is 25.0 Å². The van der Waals surface area contributed by atoms with E-state index in [1.807, 2.05) is 65.2 Å². The Labute approximate surface area is 169 Å². The summed E-state index contributed by atoms with van der Waals surface area (Å²) in [5.41, 5.74) is 3.17. The van der Waals surface area contributed by atoms with Crippen LogP contribution in [-0.2, 0) is 0 Å². The minimum Gasteiger partial charge on any atom is -0.295 e. The first kappa shape index (κ1) is 17.9. The van der Waals surface area contributed by atoms with Gasteiger partial charge in [-0.1, -0.05) is 74.2 Å². The van der Waals surface area contributed by atoms with Crippen LogP contribution >= 0.6 is 0 Å². The molecule has 0 spiro atoms. The van der Waals surface area contributed by atoms with Crippen LogP contribution in [-0.4, -0.2) is 19.3 Å². The molecular formula is C24H24N4O. The Morgan fingerprint density at radius 2 is 1.48 bits per heavy atom. The van der Waals surface area contributed by atoms with Gasteiger partial charge in [-0.15, -0.1) is 0 Å². The van der Waals surface area contributed by atoms with Gasteiger partial charge in [0.05, 0.1) is 5.69 Å². The predicted molar refractivity (Wildman–Crippen MR) is 115 cm³/mol. The van der Waals surface area contributed by atoms with E-state index in [9.17, 15) is 4.79 Å². The van der Waals surface area contributed by atoms with E-state index in [1.165, 1.54) is 25.7 Å². The van der Waals surface area contributed by atoms with E-state index < -0.39 is 0 Å². The fraction of sp³-hybridized carbons (Fsp3) is 0.292. The van der Waals surface area contributed by atoms with E-state index >= 15 is 0 Å². The van der Waals surface area contributed by atoms with Crippen molar-refractivity contribution in [3.63, 3.8) is 0 Å². The van der Waals surface area contributed by atoms with Gasteiger partial charge in [-0.2, -0.15) is 5.10 Å². The van der Waals surface area contributed by atoms with Gasteiger partial charge in [-0.3, -0.25) is 9.36 Å². The maximum absolute atomic E-state index is 13.6. The molecule has 5 rings (SSSR count). The molecule has 1 fully saturated rings. The molecule has 1 aliphatic rings. The van der Waals surface area contributed by atoms with Gasteiger partial charge in [0.15, 0.2) is 5.65 Å². The predicted octanol–water partition coefficient (Wildman–Crippen LogP) is 5.14. The van der Waals surface area contributed by atoms with Gasteiger partial charge in [-0.25, -0.2) is 9.67 Å². The lowest BCUT2D eigenvalue weighted by Gasteiger charge is -2.17. The summed E-state index contributed by atoms with van der Waals surface area (Å²) in [6.45, 7) is 0. The molecule has 4 aromatic rings. The summed E-state index contributed by atoms with van der Waals surface area (Å²) in [6.07, 6.45) is 8.66. The van der Waals surface area contributed by atoms with Gasteiger partial charge in [0.1, 0.15) is 17.4 Å². The van der Waals surface area contributed by atoms with E-state index in [2.05, 4.69) is 0 Å². The van der Waals surface area contributed by atoms with Crippen LogP contribution in [0.5, 0.6) is 0 Å². The normalized spacial score (nSPS) is 15.4. The fourth-order valence-electron chi connectivity index (χ4n) is 4.37. The standard InChI is InChI=1S/C24H24N4O/c29-24-21-22(18-11-5-3-6-12-18)26-28(20-15-9-4-10-16-20)23(21)25-17-27(24)19-13-7-1-2-8-14-19/h3-6,9-12,15-17,19H,1-2,7-8,13-14H2. The number of rotatable bonds is 3. The Balaban J connectivity index is 1.75. The van der Waals surface area contributed by atoms with Crippen LogP contribution in [0.1, 0.15) is 44.6 Å². The summed E-state index contributed by atoms with van der Waals surface area (Å²) in [5.74, 6) is 0. The molecule has 0 unspecified atom stereocenters. The van der Waals surface area contributed by atoms with E-state index in [-0.39, 0.29) is 11.6 Å². The number of hydrogen-bond acceptors (Lipinski definition) is 3. The molecule has 2 heterocycles. The smallest absolute Gasteiger partial charge is 0.265 e. The SMILES string of the molecule is O=c1c2c(-c3ccccc3)nn(-c3ccccc3)c2ncn1C1CCCCCC1. The maximum Gasteiger partial charge on any atom is 0.265 e. The zero-order valence-corrected chi connectivity index (χ0v) is 16.4. The van der Waals surface area contributed by atoms with Gasteiger partial charge in [0, 0.05) is 11.6 Å². The van der Waals surface area contributed by atoms with Crippen molar-refractivity contribution in [1.82, 2.24) is 19.3 Å². The third-order valence-electron chi connectivity index (χ3n) is 5.88. The van der Waals surface area contributed by atoms with Crippen molar-refractivity contribution in [3.8, 4) is 16.9 Å². The minimum absolute atomic E-state index is 0.0166. The van der Waals surface area contributed by atoms with Crippen molar-refractivity contribution in [1.29, 1.82) is 0 Å². The Hall–Kier alpha value is -3.21. The number of hydrogen-bond donors (Lipinski definition) is 0. The molecule has 29 heavy (non-hydrogen) atoms. The molecule has 2 aromatic heterocycles. The minimum atomic E-state index is 0.0166. The van der Waals surface area contributed by atoms with E-state index in [0.29, 0.717) is 16.7 Å². The third-order valence-corrected chi connectivity index (χ3v) is 5.88. The first-order valence-electron chi connectivity index (χ1n) is 10.4. The lowest BCUT2D eigenvalue weighted by atomic mass is 10.1. The molecule has 0 amide bonds. The van der Waals surface area contributed by atoms with Crippen LogP contribution in [0.3, 0.4) is 0 Å². The zero-order chi connectivity index (χ0) is 19.6. The monoisotopic (exact) mass is 384 g/mol. The second kappa shape index (κ2) is 7.66. The number of nitrogens with zero attached hydrogens (tertiary/aromatic N) is 4. The van der Waals surface area contributed by atoms with Crippen LogP contribution < -0.4 is 5.56 Å². The van der Waals surface area contributed by atoms with Crippen LogP contribution in [0.15, 0.2) is 71.8 Å². The molecule has 0 atom stereocenters. The summed E-state index contributed by atoms with van der Waals surface area (Å²) >= 11 is 0. The molecule has 0 saturated heterocycles. The van der Waals surface area contributed by atoms with Gasteiger partial charge >= 0.3 is 0 Å². The van der Waals surface area contributed by atoms with Gasteiger partial charge in [0.25, 0.3) is 5.56 Å². The highest BCUT2D eigenvalue weighted by molar-refractivity contribution is 5.91. The highest BCUT2D eigenvalue weighted by Gasteiger charge is 2.22. The zero-order valence-electron chi connectivity index (χ0n) is 16.4. The van der Waals surface area contributed by atoms with Gasteiger partial charge in [0.2, 0.25) is 0 Å². The third kappa shape index (κ3) is 3.27. The van der Waals surface area contributed by atoms with Crippen LogP contribution in [0.4, 0.5) is 0 Å². The lowest BCUT2D eigenvalue weighted by Crippen LogP contribution is -2.25. The quantitative estimate of drug-likeness (QED) is 0.459. The summed E-state index contributed by atoms with van der Waals surface area (Å²) in [7, 11) is 0. The van der Waals surface area contributed by atoms with Crippen molar-refractivity contribution >= 4 is 11.0 Å². The number of benzene rings is 2. The molecular weight excluding hydrogens is 360 g/mol. The Morgan fingerprint density at radius 3 is 2.17 bits per heavy atom. The maximum atomic E-state index is 13.6. The van der Waals surface area contributed by atoms with Crippen LogP contribution in [0.25, 0.3) is 28.0 Å². The fourth-order valence-corrected chi connectivity index (χ4v) is 4.37. The highest BCUT2D eigenvalue weighted by atomic mass is 16.1. The van der Waals surface area contributed by atoms with Gasteiger partial charge < -0.3 is 0 Å². The molecule has 2 aromatic carbocycles. The second-order valence-electron chi connectivity index (χ2n) is 7.76. The van der Waals surface area contributed by atoms with Crippen molar-refractivity contribution in [2.24, 2.45) is 0 Å². The average molecular weight is 384 g/mol. The average Bonchev–Trinajstić information content (AvgIpc) is 2.96. The largest absolute Gasteiger partial charge is 0.295 e. The first-order valence-corrected chi connectivity index (χ1v) is 10.4. The van der Waals surface area contributed by atoms with E-state index in [1.54, 1.807) is 11.0 Å². The number of fused-ring (bicyclic) bond motifs is 1. The summed E-state index contributed by atoms with van der Waals surface area (Å²) in [5, 5.41) is 5.44. The summed E-state index contributed by atoms with van der Waals surface area (Å²) in [4.78, 5) is 18.4. The Bertz CT molecular complexity index is 1170. The Morgan fingerprint density at radius 1 is 0.828 bits per heavy atom. The summed E-state index contributed by atoms with van der Waals surface area (Å²) < 4.78 is 3.65. The molecule has 0 radical (unpaired) electrons. The molecule has 146 valence electrons.